The summed E-state index contributed by atoms with van der Waals surface area (Å²) < 4.78 is 2.09. The first-order chi connectivity index (χ1) is 9.19. The molecule has 0 atom stereocenters. The Labute approximate surface area is 113 Å². The number of hydrogen-bond donors (Lipinski definition) is 0. The zero-order valence-corrected chi connectivity index (χ0v) is 11.7. The number of aryl methyl sites for hydroxylation is 2. The highest BCUT2D eigenvalue weighted by molar-refractivity contribution is 5.00. The van der Waals surface area contributed by atoms with E-state index >= 15 is 0 Å². The van der Waals surface area contributed by atoms with Crippen molar-refractivity contribution in [1.82, 2.24) is 29.6 Å². The highest BCUT2D eigenvalue weighted by atomic mass is 15.3. The first kappa shape index (κ1) is 13.6. The molecule has 0 radical (unpaired) electrons. The Kier molecular flexibility index (Phi) is 4.57. The molecule has 2 aromatic heterocycles. The maximum atomic E-state index is 4.36. The zero-order chi connectivity index (χ0) is 13.7. The predicted molar refractivity (Wildman–Crippen MR) is 72.3 cm³/mol. The molecule has 6 nitrogen and oxygen atoms in total. The van der Waals surface area contributed by atoms with Crippen molar-refractivity contribution in [1.29, 1.82) is 0 Å². The van der Waals surface area contributed by atoms with Gasteiger partial charge in [-0.1, -0.05) is 6.92 Å². The summed E-state index contributed by atoms with van der Waals surface area (Å²) in [7, 11) is 2.05. The van der Waals surface area contributed by atoms with Gasteiger partial charge in [-0.25, -0.2) is 0 Å². The van der Waals surface area contributed by atoms with Gasteiger partial charge >= 0.3 is 0 Å². The third kappa shape index (κ3) is 3.82. The molecular formula is C13H20N6. The number of aromatic nitrogens is 5. The van der Waals surface area contributed by atoms with Gasteiger partial charge in [0.15, 0.2) is 0 Å². The second-order valence-electron chi connectivity index (χ2n) is 4.76. The summed E-state index contributed by atoms with van der Waals surface area (Å²) in [5.41, 5.74) is 1.91. The van der Waals surface area contributed by atoms with E-state index in [4.69, 9.17) is 0 Å². The van der Waals surface area contributed by atoms with E-state index in [0.29, 0.717) is 0 Å². The lowest BCUT2D eigenvalue weighted by molar-refractivity contribution is 0.300. The standard InChI is InChI=1S/C13H20N6/c1-4-5-19-10-16-17-13(19)9-18(3)8-12-7-14-11(2)6-15-12/h6-7,10H,4-5,8-9H2,1-3H3. The summed E-state index contributed by atoms with van der Waals surface area (Å²) in [6.07, 6.45) is 6.49. The summed E-state index contributed by atoms with van der Waals surface area (Å²) in [4.78, 5) is 10.8. The van der Waals surface area contributed by atoms with Gasteiger partial charge in [0.2, 0.25) is 0 Å². The van der Waals surface area contributed by atoms with E-state index in [2.05, 4.69) is 36.6 Å². The van der Waals surface area contributed by atoms with Crippen LogP contribution >= 0.6 is 0 Å². The van der Waals surface area contributed by atoms with Crippen LogP contribution in [0.25, 0.3) is 0 Å². The Bertz CT molecular complexity index is 504. The molecule has 0 fully saturated rings. The van der Waals surface area contributed by atoms with Crippen LogP contribution in [-0.2, 0) is 19.6 Å². The number of nitrogens with zero attached hydrogens (tertiary/aromatic N) is 6. The van der Waals surface area contributed by atoms with Crippen molar-refractivity contribution in [2.75, 3.05) is 7.05 Å². The van der Waals surface area contributed by atoms with E-state index < -0.39 is 0 Å². The van der Waals surface area contributed by atoms with Gasteiger partial charge in [0.25, 0.3) is 0 Å². The van der Waals surface area contributed by atoms with Gasteiger partial charge in [0, 0.05) is 25.5 Å². The van der Waals surface area contributed by atoms with Gasteiger partial charge in [0.1, 0.15) is 12.2 Å². The largest absolute Gasteiger partial charge is 0.317 e. The van der Waals surface area contributed by atoms with E-state index in [0.717, 1.165) is 43.3 Å². The van der Waals surface area contributed by atoms with Crippen molar-refractivity contribution >= 4 is 0 Å². The van der Waals surface area contributed by atoms with E-state index in [1.807, 2.05) is 20.2 Å². The smallest absolute Gasteiger partial charge is 0.147 e. The quantitative estimate of drug-likeness (QED) is 0.786. The third-order valence-electron chi connectivity index (χ3n) is 2.84. The average molecular weight is 260 g/mol. The Morgan fingerprint density at radius 1 is 1.21 bits per heavy atom. The minimum atomic E-state index is 0.756. The molecular weight excluding hydrogens is 240 g/mol. The molecule has 19 heavy (non-hydrogen) atoms. The molecule has 6 heteroatoms. The predicted octanol–water partition coefficient (Wildman–Crippen LogP) is 1.42. The second-order valence-corrected chi connectivity index (χ2v) is 4.76. The van der Waals surface area contributed by atoms with E-state index in [1.54, 1.807) is 12.5 Å². The Balaban J connectivity index is 1.95. The van der Waals surface area contributed by atoms with Crippen LogP contribution in [0, 0.1) is 6.92 Å². The van der Waals surface area contributed by atoms with Crippen LogP contribution in [0.4, 0.5) is 0 Å². The maximum Gasteiger partial charge on any atom is 0.147 e. The lowest BCUT2D eigenvalue weighted by Crippen LogP contribution is -2.21. The first-order valence-electron chi connectivity index (χ1n) is 6.51. The van der Waals surface area contributed by atoms with Crippen LogP contribution in [0.3, 0.4) is 0 Å². The molecule has 0 unspecified atom stereocenters. The van der Waals surface area contributed by atoms with E-state index in [9.17, 15) is 0 Å². The van der Waals surface area contributed by atoms with Crippen molar-refractivity contribution in [3.8, 4) is 0 Å². The van der Waals surface area contributed by atoms with Crippen LogP contribution in [0.5, 0.6) is 0 Å². The van der Waals surface area contributed by atoms with Gasteiger partial charge in [-0.3, -0.25) is 14.9 Å². The van der Waals surface area contributed by atoms with Crippen LogP contribution in [-0.4, -0.2) is 36.7 Å². The topological polar surface area (TPSA) is 59.7 Å². The molecule has 0 N–H and O–H groups in total. The molecule has 0 aliphatic carbocycles. The fraction of sp³-hybridized carbons (Fsp3) is 0.538. The van der Waals surface area contributed by atoms with Crippen LogP contribution in [0.15, 0.2) is 18.7 Å². The van der Waals surface area contributed by atoms with Crippen molar-refractivity contribution in [3.63, 3.8) is 0 Å². The van der Waals surface area contributed by atoms with Crippen LogP contribution < -0.4 is 0 Å². The summed E-state index contributed by atoms with van der Waals surface area (Å²) >= 11 is 0. The minimum Gasteiger partial charge on any atom is -0.317 e. The van der Waals surface area contributed by atoms with Gasteiger partial charge in [-0.05, 0) is 20.4 Å². The molecule has 2 heterocycles. The van der Waals surface area contributed by atoms with Gasteiger partial charge in [0.05, 0.1) is 17.9 Å². The highest BCUT2D eigenvalue weighted by Crippen LogP contribution is 2.05. The Morgan fingerprint density at radius 3 is 2.74 bits per heavy atom. The average Bonchev–Trinajstić information content (AvgIpc) is 2.80. The molecule has 0 amide bonds. The summed E-state index contributed by atoms with van der Waals surface area (Å²) in [5, 5.41) is 8.14. The molecule has 0 saturated heterocycles. The molecule has 0 bridgehead atoms. The van der Waals surface area contributed by atoms with Crippen LogP contribution in [0.1, 0.15) is 30.6 Å². The lowest BCUT2D eigenvalue weighted by Gasteiger charge is -2.15. The molecule has 0 aliphatic rings. The minimum absolute atomic E-state index is 0.756. The van der Waals surface area contributed by atoms with E-state index in [1.165, 1.54) is 0 Å². The van der Waals surface area contributed by atoms with Crippen molar-refractivity contribution in [3.05, 3.63) is 35.9 Å². The normalized spacial score (nSPS) is 11.2. The molecule has 2 rings (SSSR count). The molecule has 0 saturated carbocycles. The molecule has 0 aromatic carbocycles. The maximum absolute atomic E-state index is 4.36. The fourth-order valence-electron chi connectivity index (χ4n) is 1.90. The summed E-state index contributed by atoms with van der Waals surface area (Å²) in [5.74, 6) is 0.990. The summed E-state index contributed by atoms with van der Waals surface area (Å²) in [6.45, 7) is 6.56. The molecule has 0 spiro atoms. The first-order valence-corrected chi connectivity index (χ1v) is 6.51. The Hall–Kier alpha value is -1.82. The lowest BCUT2D eigenvalue weighted by atomic mass is 10.3. The van der Waals surface area contributed by atoms with Crippen molar-refractivity contribution in [2.45, 2.75) is 39.9 Å². The van der Waals surface area contributed by atoms with Crippen molar-refractivity contribution < 1.29 is 0 Å². The summed E-state index contributed by atoms with van der Waals surface area (Å²) in [6, 6.07) is 0. The second kappa shape index (κ2) is 6.38. The Morgan fingerprint density at radius 2 is 2.05 bits per heavy atom. The zero-order valence-electron chi connectivity index (χ0n) is 11.7. The molecule has 102 valence electrons. The monoisotopic (exact) mass is 260 g/mol. The molecule has 0 aliphatic heterocycles. The highest BCUT2D eigenvalue weighted by Gasteiger charge is 2.08. The third-order valence-corrected chi connectivity index (χ3v) is 2.84. The van der Waals surface area contributed by atoms with E-state index in [-0.39, 0.29) is 0 Å². The van der Waals surface area contributed by atoms with Gasteiger partial charge in [-0.15, -0.1) is 10.2 Å². The fourth-order valence-corrected chi connectivity index (χ4v) is 1.90. The SMILES string of the molecule is CCCn1cnnc1CN(C)Cc1cnc(C)cn1. The number of rotatable bonds is 6. The number of hydrogen-bond acceptors (Lipinski definition) is 5. The molecule has 2 aromatic rings. The van der Waals surface area contributed by atoms with Crippen LogP contribution in [0.2, 0.25) is 0 Å². The van der Waals surface area contributed by atoms with Crippen molar-refractivity contribution in [2.24, 2.45) is 0 Å². The van der Waals surface area contributed by atoms with Gasteiger partial charge in [-0.2, -0.15) is 0 Å². The van der Waals surface area contributed by atoms with Gasteiger partial charge < -0.3 is 4.57 Å².